The van der Waals surface area contributed by atoms with Crippen molar-refractivity contribution >= 4 is 21.4 Å². The van der Waals surface area contributed by atoms with Crippen LogP contribution in [0.15, 0.2) is 41.3 Å². The van der Waals surface area contributed by atoms with E-state index in [1.54, 1.807) is 0 Å². The third kappa shape index (κ3) is 3.94. The van der Waals surface area contributed by atoms with Crippen molar-refractivity contribution in [1.82, 2.24) is 0 Å². The molecule has 0 amide bonds. The lowest BCUT2D eigenvalue weighted by Crippen LogP contribution is -2.35. The number of aliphatic hydroxyl groups is 1. The van der Waals surface area contributed by atoms with Gasteiger partial charge in [-0.05, 0) is 36.4 Å². The predicted octanol–water partition coefficient (Wildman–Crippen LogP) is 3.15. The third-order valence-corrected chi connectivity index (χ3v) is 6.76. The molecule has 1 N–H and O–H groups in total. The van der Waals surface area contributed by atoms with Gasteiger partial charge in [-0.2, -0.15) is 0 Å². The number of rotatable bonds is 6. The van der Waals surface area contributed by atoms with Gasteiger partial charge in [-0.3, -0.25) is 0 Å². The number of ether oxygens (including phenoxy) is 2. The average Bonchev–Trinajstić information content (AvgIpc) is 2.65. The normalized spacial score (nSPS) is 19.4. The van der Waals surface area contributed by atoms with Crippen molar-refractivity contribution in [3.63, 3.8) is 0 Å². The average molecular weight is 419 g/mol. The van der Waals surface area contributed by atoms with E-state index in [4.69, 9.17) is 26.2 Å². The SMILES string of the molecule is O=S(=O)(c1ccc(Cl)cc1)[C@@H]1c2c(F)ccc(F)c2OC[C@H]1COCCO. The summed E-state index contributed by atoms with van der Waals surface area (Å²) in [7, 11) is -4.11. The van der Waals surface area contributed by atoms with Gasteiger partial charge in [0.25, 0.3) is 0 Å². The monoisotopic (exact) mass is 418 g/mol. The molecule has 3 rings (SSSR count). The molecule has 0 saturated carbocycles. The summed E-state index contributed by atoms with van der Waals surface area (Å²) in [6, 6.07) is 7.22. The summed E-state index contributed by atoms with van der Waals surface area (Å²) >= 11 is 5.82. The zero-order chi connectivity index (χ0) is 19.6. The maximum Gasteiger partial charge on any atom is 0.186 e. The van der Waals surface area contributed by atoms with E-state index >= 15 is 0 Å². The second kappa shape index (κ2) is 8.10. The first-order chi connectivity index (χ1) is 12.9. The summed E-state index contributed by atoms with van der Waals surface area (Å²) < 4.78 is 65.8. The van der Waals surface area contributed by atoms with Crippen molar-refractivity contribution in [3.05, 3.63) is 58.6 Å². The maximum absolute atomic E-state index is 14.6. The Bertz CT molecular complexity index is 918. The first-order valence-electron chi connectivity index (χ1n) is 8.15. The molecule has 0 bridgehead atoms. The molecule has 0 radical (unpaired) electrons. The second-order valence-electron chi connectivity index (χ2n) is 6.06. The Morgan fingerprint density at radius 1 is 1.15 bits per heavy atom. The molecular weight excluding hydrogens is 402 g/mol. The Balaban J connectivity index is 2.11. The van der Waals surface area contributed by atoms with Gasteiger partial charge in [0.1, 0.15) is 11.1 Å². The summed E-state index contributed by atoms with van der Waals surface area (Å²) in [4.78, 5) is -0.0689. The molecule has 0 saturated heterocycles. The maximum atomic E-state index is 14.6. The number of halogens is 3. The number of hydrogen-bond acceptors (Lipinski definition) is 5. The topological polar surface area (TPSA) is 72.8 Å². The van der Waals surface area contributed by atoms with E-state index in [1.165, 1.54) is 24.3 Å². The molecule has 0 spiro atoms. The van der Waals surface area contributed by atoms with Crippen molar-refractivity contribution < 1.29 is 31.8 Å². The molecule has 9 heteroatoms. The lowest BCUT2D eigenvalue weighted by atomic mass is 9.96. The Morgan fingerprint density at radius 2 is 1.81 bits per heavy atom. The molecule has 2 aromatic rings. The molecule has 2 atom stereocenters. The van der Waals surface area contributed by atoms with Crippen LogP contribution in [0.1, 0.15) is 10.8 Å². The zero-order valence-electron chi connectivity index (χ0n) is 14.1. The summed E-state index contributed by atoms with van der Waals surface area (Å²) in [6.07, 6.45) is 0. The Labute approximate surface area is 160 Å². The van der Waals surface area contributed by atoms with Gasteiger partial charge in [-0.15, -0.1) is 0 Å². The van der Waals surface area contributed by atoms with Crippen LogP contribution < -0.4 is 4.74 Å². The van der Waals surface area contributed by atoms with E-state index in [1.807, 2.05) is 0 Å². The lowest BCUT2D eigenvalue weighted by molar-refractivity contribution is 0.0454. The minimum atomic E-state index is -4.11. The molecule has 146 valence electrons. The molecule has 0 aromatic heterocycles. The molecule has 1 aliphatic rings. The number of sulfone groups is 1. The fourth-order valence-electron chi connectivity index (χ4n) is 3.09. The first kappa shape index (κ1) is 20.0. The van der Waals surface area contributed by atoms with Crippen LogP contribution in [0, 0.1) is 17.6 Å². The Kier molecular flexibility index (Phi) is 6.00. The van der Waals surface area contributed by atoms with Gasteiger partial charge in [0.05, 0.1) is 36.9 Å². The molecule has 27 heavy (non-hydrogen) atoms. The van der Waals surface area contributed by atoms with E-state index in [9.17, 15) is 17.2 Å². The smallest absolute Gasteiger partial charge is 0.186 e. The van der Waals surface area contributed by atoms with Crippen LogP contribution in [0.5, 0.6) is 5.75 Å². The predicted molar refractivity (Wildman–Crippen MR) is 94.6 cm³/mol. The van der Waals surface area contributed by atoms with Crippen molar-refractivity contribution in [2.45, 2.75) is 10.1 Å². The quantitative estimate of drug-likeness (QED) is 0.729. The second-order valence-corrected chi connectivity index (χ2v) is 8.57. The lowest BCUT2D eigenvalue weighted by Gasteiger charge is -2.33. The molecule has 5 nitrogen and oxygen atoms in total. The van der Waals surface area contributed by atoms with E-state index in [0.717, 1.165) is 12.1 Å². The number of aliphatic hydroxyl groups excluding tert-OH is 1. The van der Waals surface area contributed by atoms with Crippen molar-refractivity contribution in [1.29, 1.82) is 0 Å². The van der Waals surface area contributed by atoms with Crippen LogP contribution in [-0.2, 0) is 14.6 Å². The highest BCUT2D eigenvalue weighted by molar-refractivity contribution is 7.91. The molecular formula is C18H17ClF2O5S. The van der Waals surface area contributed by atoms with Crippen LogP contribution >= 0.6 is 11.6 Å². The molecule has 0 unspecified atom stereocenters. The molecule has 0 aliphatic carbocycles. The van der Waals surface area contributed by atoms with Gasteiger partial charge in [0.15, 0.2) is 21.4 Å². The van der Waals surface area contributed by atoms with Crippen LogP contribution in [-0.4, -0.2) is 40.0 Å². The van der Waals surface area contributed by atoms with Crippen molar-refractivity contribution in [3.8, 4) is 5.75 Å². The fraction of sp³-hybridized carbons (Fsp3) is 0.333. The molecule has 1 heterocycles. The molecule has 2 aromatic carbocycles. The number of hydrogen-bond donors (Lipinski definition) is 1. The van der Waals surface area contributed by atoms with E-state index in [0.29, 0.717) is 5.02 Å². The van der Waals surface area contributed by atoms with E-state index in [2.05, 4.69) is 0 Å². The van der Waals surface area contributed by atoms with E-state index < -0.39 is 38.4 Å². The summed E-state index contributed by atoms with van der Waals surface area (Å²) in [5.74, 6) is -2.91. The van der Waals surface area contributed by atoms with Crippen LogP contribution in [0.2, 0.25) is 5.02 Å². The van der Waals surface area contributed by atoms with Crippen LogP contribution in [0.25, 0.3) is 0 Å². The van der Waals surface area contributed by atoms with Gasteiger partial charge in [0.2, 0.25) is 0 Å². The standard InChI is InChI=1S/C18H17ClF2O5S/c19-12-1-3-13(4-2-12)27(23,24)18-11(9-25-8-7-22)10-26-17-15(21)6-5-14(20)16(17)18/h1-6,11,18,22H,7-10H2/t11-,18+/m1/s1. The summed E-state index contributed by atoms with van der Waals surface area (Å²) in [5.41, 5.74) is -0.353. The molecule has 1 aliphatic heterocycles. The highest BCUT2D eigenvalue weighted by atomic mass is 35.5. The minimum absolute atomic E-state index is 0.0112. The van der Waals surface area contributed by atoms with Gasteiger partial charge < -0.3 is 14.6 Å². The number of fused-ring (bicyclic) bond motifs is 1. The highest BCUT2D eigenvalue weighted by Gasteiger charge is 2.44. The van der Waals surface area contributed by atoms with Gasteiger partial charge in [-0.1, -0.05) is 11.6 Å². The first-order valence-corrected chi connectivity index (χ1v) is 10.1. The fourth-order valence-corrected chi connectivity index (χ4v) is 5.22. The third-order valence-electron chi connectivity index (χ3n) is 4.29. The van der Waals surface area contributed by atoms with Crippen molar-refractivity contribution in [2.75, 3.05) is 26.4 Å². The van der Waals surface area contributed by atoms with Gasteiger partial charge in [0, 0.05) is 10.9 Å². The largest absolute Gasteiger partial charge is 0.490 e. The van der Waals surface area contributed by atoms with Gasteiger partial charge >= 0.3 is 0 Å². The van der Waals surface area contributed by atoms with Crippen LogP contribution in [0.3, 0.4) is 0 Å². The Hall–Kier alpha value is -1.74. The minimum Gasteiger partial charge on any atom is -0.490 e. The number of benzene rings is 2. The zero-order valence-corrected chi connectivity index (χ0v) is 15.6. The Morgan fingerprint density at radius 3 is 2.48 bits per heavy atom. The van der Waals surface area contributed by atoms with Crippen LogP contribution in [0.4, 0.5) is 8.78 Å². The van der Waals surface area contributed by atoms with Gasteiger partial charge in [-0.25, -0.2) is 17.2 Å². The summed E-state index contributed by atoms with van der Waals surface area (Å²) in [6.45, 7) is -0.534. The highest BCUT2D eigenvalue weighted by Crippen LogP contribution is 2.45. The molecule has 0 fully saturated rings. The van der Waals surface area contributed by atoms with Crippen molar-refractivity contribution in [2.24, 2.45) is 5.92 Å². The summed E-state index contributed by atoms with van der Waals surface area (Å²) in [5, 5.41) is 7.81. The van der Waals surface area contributed by atoms with E-state index in [-0.39, 0.29) is 36.9 Å².